The Hall–Kier alpha value is -3.92. The number of ether oxygens (including phenoxy) is 1. The molecule has 4 heteroatoms. The van der Waals surface area contributed by atoms with Gasteiger partial charge in [-0.1, -0.05) is 78.9 Å². The maximum absolute atomic E-state index is 5.20. The minimum atomic E-state index is -0.548. The molecule has 0 aliphatic rings. The van der Waals surface area contributed by atoms with E-state index in [4.69, 9.17) is 9.72 Å². The minimum Gasteiger partial charge on any atom is -0.481 e. The Kier molecular flexibility index (Phi) is 6.31. The summed E-state index contributed by atoms with van der Waals surface area (Å²) in [6.45, 7) is 4.21. The summed E-state index contributed by atoms with van der Waals surface area (Å²) in [5.74, 6) is 0.584. The van der Waals surface area contributed by atoms with Crippen molar-refractivity contribution in [3.8, 4) is 17.1 Å². The van der Waals surface area contributed by atoms with Crippen molar-refractivity contribution in [2.24, 2.45) is 0 Å². The molecular weight excluding hydrogens is 394 g/mol. The highest BCUT2D eigenvalue weighted by Gasteiger charge is 2.38. The van der Waals surface area contributed by atoms with Gasteiger partial charge >= 0.3 is 0 Å². The molecule has 0 aliphatic carbocycles. The van der Waals surface area contributed by atoms with E-state index in [9.17, 15) is 0 Å². The monoisotopic (exact) mass is 421 g/mol. The second-order valence-corrected chi connectivity index (χ2v) is 7.57. The number of hydrogen-bond donors (Lipinski definition) is 0. The first-order valence-electron chi connectivity index (χ1n) is 10.7. The zero-order chi connectivity index (χ0) is 22.4. The van der Waals surface area contributed by atoms with E-state index >= 15 is 0 Å². The molecular formula is C28H27N3O. The summed E-state index contributed by atoms with van der Waals surface area (Å²) in [6.07, 6.45) is 12.1. The molecule has 4 rings (SSSR count). The molecule has 0 spiro atoms. The van der Waals surface area contributed by atoms with Gasteiger partial charge in [0.2, 0.25) is 5.88 Å². The molecule has 2 aromatic carbocycles. The number of pyridine rings is 1. The van der Waals surface area contributed by atoms with Gasteiger partial charge in [0, 0.05) is 24.0 Å². The summed E-state index contributed by atoms with van der Waals surface area (Å²) in [7, 11) is 1.62. The van der Waals surface area contributed by atoms with Gasteiger partial charge in [0.15, 0.2) is 0 Å². The second kappa shape index (κ2) is 9.48. The summed E-state index contributed by atoms with van der Waals surface area (Å²) >= 11 is 0. The number of imidazole rings is 1. The van der Waals surface area contributed by atoms with Crippen molar-refractivity contribution in [1.82, 2.24) is 14.5 Å². The Balaban J connectivity index is 1.96. The van der Waals surface area contributed by atoms with E-state index in [0.717, 1.165) is 11.3 Å². The highest BCUT2D eigenvalue weighted by Crippen LogP contribution is 2.41. The number of allylic oxidation sites excluding steroid dienone is 4. The molecule has 0 bridgehead atoms. The number of nitrogens with zero attached hydrogens (tertiary/aromatic N) is 3. The molecule has 0 unspecified atom stereocenters. The highest BCUT2D eigenvalue weighted by molar-refractivity contribution is 5.59. The Morgan fingerprint density at radius 2 is 1.56 bits per heavy atom. The van der Waals surface area contributed by atoms with Crippen LogP contribution in [0.1, 0.15) is 25.0 Å². The molecule has 4 aromatic rings. The first kappa shape index (κ1) is 21.3. The van der Waals surface area contributed by atoms with Crippen molar-refractivity contribution in [2.75, 3.05) is 7.11 Å². The molecule has 0 amide bonds. The van der Waals surface area contributed by atoms with Gasteiger partial charge in [-0.3, -0.25) is 0 Å². The Labute approximate surface area is 189 Å². The van der Waals surface area contributed by atoms with Crippen LogP contribution in [0.25, 0.3) is 11.3 Å². The molecule has 4 nitrogen and oxygen atoms in total. The highest BCUT2D eigenvalue weighted by atomic mass is 16.5. The fourth-order valence-electron chi connectivity index (χ4n) is 4.15. The average Bonchev–Trinajstić information content (AvgIpc) is 3.35. The van der Waals surface area contributed by atoms with Crippen LogP contribution < -0.4 is 4.74 Å². The summed E-state index contributed by atoms with van der Waals surface area (Å²) in [6, 6.07) is 25.0. The number of methoxy groups -OCH3 is 1. The van der Waals surface area contributed by atoms with Crippen molar-refractivity contribution in [3.05, 3.63) is 126 Å². The van der Waals surface area contributed by atoms with E-state index in [1.807, 2.05) is 43.6 Å². The van der Waals surface area contributed by atoms with Crippen LogP contribution in [-0.2, 0) is 5.54 Å². The predicted octanol–water partition coefficient (Wildman–Crippen LogP) is 6.27. The fraction of sp³-hybridized carbons (Fsp3) is 0.143. The molecule has 2 heterocycles. The van der Waals surface area contributed by atoms with Gasteiger partial charge in [-0.05, 0) is 36.6 Å². The lowest BCUT2D eigenvalue weighted by atomic mass is 9.76. The maximum atomic E-state index is 5.20. The van der Waals surface area contributed by atoms with Gasteiger partial charge < -0.3 is 9.30 Å². The average molecular weight is 422 g/mol. The third kappa shape index (κ3) is 3.87. The van der Waals surface area contributed by atoms with E-state index in [-0.39, 0.29) is 0 Å². The van der Waals surface area contributed by atoms with Crippen LogP contribution in [0.3, 0.4) is 0 Å². The van der Waals surface area contributed by atoms with Gasteiger partial charge in [-0.25, -0.2) is 9.97 Å². The van der Waals surface area contributed by atoms with Crippen molar-refractivity contribution < 1.29 is 4.74 Å². The number of hydrogen-bond acceptors (Lipinski definition) is 3. The van der Waals surface area contributed by atoms with Crippen LogP contribution in [0.4, 0.5) is 0 Å². The standard InChI is InChI=1S/C28H27N3O/c1-4-5-12-22(2)28(24-13-8-6-9-14-24,25-15-10-7-11-16-25)31-20-26(30-21-31)23-17-18-27(32-3)29-19-23/h4-21H,1-3H3/b5-4-,22-12+. The topological polar surface area (TPSA) is 39.9 Å². The number of rotatable bonds is 7. The zero-order valence-electron chi connectivity index (χ0n) is 18.6. The number of aromatic nitrogens is 3. The SMILES string of the molecule is C/C=C\C=C(/C)C(c1ccccc1)(c1ccccc1)n1cnc(-c2ccc(OC)nc2)c1. The lowest BCUT2D eigenvalue weighted by Crippen LogP contribution is -2.37. The molecule has 2 aromatic heterocycles. The normalized spacial score (nSPS) is 12.3. The van der Waals surface area contributed by atoms with Crippen LogP contribution in [-0.4, -0.2) is 21.6 Å². The molecule has 0 aliphatic heterocycles. The molecule has 160 valence electrons. The van der Waals surface area contributed by atoms with Gasteiger partial charge in [0.05, 0.1) is 19.1 Å². The Bertz CT molecular complexity index is 1170. The van der Waals surface area contributed by atoms with Gasteiger partial charge in [0.1, 0.15) is 5.54 Å². The third-order valence-electron chi connectivity index (χ3n) is 5.70. The van der Waals surface area contributed by atoms with E-state index in [2.05, 4.69) is 83.4 Å². The molecule has 0 saturated carbocycles. The quantitative estimate of drug-likeness (QED) is 0.330. The maximum Gasteiger partial charge on any atom is 0.212 e. The first-order valence-corrected chi connectivity index (χ1v) is 10.7. The largest absolute Gasteiger partial charge is 0.481 e. The van der Waals surface area contributed by atoms with Crippen LogP contribution in [0.15, 0.2) is 115 Å². The molecule has 32 heavy (non-hydrogen) atoms. The summed E-state index contributed by atoms with van der Waals surface area (Å²) in [5.41, 5.74) is 4.77. The summed E-state index contributed by atoms with van der Waals surface area (Å²) in [4.78, 5) is 9.10. The van der Waals surface area contributed by atoms with Crippen molar-refractivity contribution >= 4 is 0 Å². The summed E-state index contributed by atoms with van der Waals surface area (Å²) < 4.78 is 7.40. The van der Waals surface area contributed by atoms with E-state index in [1.165, 1.54) is 16.7 Å². The smallest absolute Gasteiger partial charge is 0.212 e. The van der Waals surface area contributed by atoms with Crippen molar-refractivity contribution in [3.63, 3.8) is 0 Å². The van der Waals surface area contributed by atoms with Crippen LogP contribution in [0.2, 0.25) is 0 Å². The lowest BCUT2D eigenvalue weighted by Gasteiger charge is -2.38. The number of benzene rings is 2. The molecule has 0 radical (unpaired) electrons. The predicted molar refractivity (Wildman–Crippen MR) is 130 cm³/mol. The van der Waals surface area contributed by atoms with Crippen LogP contribution in [0.5, 0.6) is 5.88 Å². The Morgan fingerprint density at radius 3 is 2.09 bits per heavy atom. The first-order chi connectivity index (χ1) is 15.7. The van der Waals surface area contributed by atoms with Gasteiger partial charge in [-0.2, -0.15) is 0 Å². The zero-order valence-corrected chi connectivity index (χ0v) is 18.6. The van der Waals surface area contributed by atoms with E-state index in [1.54, 1.807) is 13.3 Å². The molecule has 0 atom stereocenters. The second-order valence-electron chi connectivity index (χ2n) is 7.57. The third-order valence-corrected chi connectivity index (χ3v) is 5.70. The van der Waals surface area contributed by atoms with Crippen molar-refractivity contribution in [2.45, 2.75) is 19.4 Å². The lowest BCUT2D eigenvalue weighted by molar-refractivity contribution is 0.398. The van der Waals surface area contributed by atoms with E-state index < -0.39 is 5.54 Å². The minimum absolute atomic E-state index is 0.548. The fourth-order valence-corrected chi connectivity index (χ4v) is 4.15. The van der Waals surface area contributed by atoms with Crippen molar-refractivity contribution in [1.29, 1.82) is 0 Å². The van der Waals surface area contributed by atoms with Crippen LogP contribution >= 0.6 is 0 Å². The summed E-state index contributed by atoms with van der Waals surface area (Å²) in [5, 5.41) is 0. The van der Waals surface area contributed by atoms with Crippen LogP contribution in [0, 0.1) is 0 Å². The Morgan fingerprint density at radius 1 is 0.906 bits per heavy atom. The molecule has 0 saturated heterocycles. The van der Waals surface area contributed by atoms with Gasteiger partial charge in [0.25, 0.3) is 0 Å². The van der Waals surface area contributed by atoms with E-state index in [0.29, 0.717) is 5.88 Å². The molecule has 0 N–H and O–H groups in total. The van der Waals surface area contributed by atoms with Gasteiger partial charge in [-0.15, -0.1) is 0 Å². The molecule has 0 fully saturated rings.